The maximum Gasteiger partial charge on any atom is 0.261 e. The van der Waals surface area contributed by atoms with Crippen molar-refractivity contribution in [1.82, 2.24) is 5.32 Å². The van der Waals surface area contributed by atoms with Crippen molar-refractivity contribution in [3.8, 4) is 11.5 Å². The number of ether oxygens (including phenoxy) is 2. The van der Waals surface area contributed by atoms with Gasteiger partial charge in [0.1, 0.15) is 0 Å². The zero-order chi connectivity index (χ0) is 18.2. The van der Waals surface area contributed by atoms with Crippen LogP contribution in [-0.2, 0) is 4.79 Å². The summed E-state index contributed by atoms with van der Waals surface area (Å²) >= 11 is 0. The molecular weight excluding hydrogens is 314 g/mol. The molecule has 134 valence electrons. The molecule has 0 aliphatic rings. The van der Waals surface area contributed by atoms with Crippen LogP contribution in [-0.4, -0.2) is 19.1 Å². The van der Waals surface area contributed by atoms with Crippen LogP contribution in [0.4, 0.5) is 0 Å². The molecule has 0 aliphatic carbocycles. The number of rotatable bonds is 8. The predicted molar refractivity (Wildman–Crippen MR) is 100 cm³/mol. The van der Waals surface area contributed by atoms with Gasteiger partial charge in [-0.2, -0.15) is 0 Å². The number of hydrogen-bond acceptors (Lipinski definition) is 3. The molecular formula is C21H27NO3. The zero-order valence-corrected chi connectivity index (χ0v) is 15.4. The molecule has 0 aromatic heterocycles. The van der Waals surface area contributed by atoms with E-state index in [9.17, 15) is 4.79 Å². The third kappa shape index (κ3) is 4.99. The first-order chi connectivity index (χ1) is 12.1. The summed E-state index contributed by atoms with van der Waals surface area (Å²) < 4.78 is 11.2. The second kappa shape index (κ2) is 9.11. The summed E-state index contributed by atoms with van der Waals surface area (Å²) in [4.78, 5) is 12.7. The normalized spacial score (nSPS) is 13.0. The molecule has 0 bridgehead atoms. The summed E-state index contributed by atoms with van der Waals surface area (Å²) in [6.45, 7) is 6.05. The number of nitrogens with one attached hydrogen (secondary N) is 1. The molecule has 2 atom stereocenters. The Balaban J connectivity index is 2.09. The standard InChI is InChI=1S/C21H27NO3/c1-5-17(16-13-11-15(3)12-14-16)22-21(23)18(6-2)25-20-10-8-7-9-19(20)24-4/h7-14,17-18H,5-6H2,1-4H3,(H,22,23)/t17-,18-/m0/s1. The summed E-state index contributed by atoms with van der Waals surface area (Å²) in [6, 6.07) is 15.6. The van der Waals surface area contributed by atoms with Crippen LogP contribution in [0.2, 0.25) is 0 Å². The Morgan fingerprint density at radius 1 is 1.00 bits per heavy atom. The van der Waals surface area contributed by atoms with E-state index in [1.807, 2.05) is 31.2 Å². The highest BCUT2D eigenvalue weighted by molar-refractivity contribution is 5.81. The molecule has 0 aliphatic heterocycles. The van der Waals surface area contributed by atoms with E-state index < -0.39 is 6.10 Å². The highest BCUT2D eigenvalue weighted by Crippen LogP contribution is 2.27. The van der Waals surface area contributed by atoms with Crippen LogP contribution in [0.15, 0.2) is 48.5 Å². The molecule has 2 aromatic rings. The lowest BCUT2D eigenvalue weighted by Crippen LogP contribution is -2.40. The van der Waals surface area contributed by atoms with E-state index in [0.29, 0.717) is 17.9 Å². The molecule has 0 saturated carbocycles. The Labute approximate surface area is 150 Å². The van der Waals surface area contributed by atoms with Gasteiger partial charge in [0.15, 0.2) is 17.6 Å². The Bertz CT molecular complexity index is 682. The summed E-state index contributed by atoms with van der Waals surface area (Å²) in [5.74, 6) is 1.09. The number of amides is 1. The van der Waals surface area contributed by atoms with Crippen molar-refractivity contribution in [2.24, 2.45) is 0 Å². The van der Waals surface area contributed by atoms with Crippen molar-refractivity contribution in [1.29, 1.82) is 0 Å². The summed E-state index contributed by atoms with van der Waals surface area (Å²) in [5, 5.41) is 3.11. The minimum absolute atomic E-state index is 0.0246. The lowest BCUT2D eigenvalue weighted by atomic mass is 10.0. The first-order valence-corrected chi connectivity index (χ1v) is 8.75. The van der Waals surface area contributed by atoms with Gasteiger partial charge in [-0.3, -0.25) is 4.79 Å². The summed E-state index contributed by atoms with van der Waals surface area (Å²) in [5.41, 5.74) is 2.31. The van der Waals surface area contributed by atoms with Gasteiger partial charge in [-0.1, -0.05) is 55.8 Å². The monoisotopic (exact) mass is 341 g/mol. The van der Waals surface area contributed by atoms with Gasteiger partial charge in [-0.15, -0.1) is 0 Å². The number of benzene rings is 2. The van der Waals surface area contributed by atoms with Gasteiger partial charge >= 0.3 is 0 Å². The third-order valence-electron chi connectivity index (χ3n) is 4.21. The molecule has 4 heteroatoms. The first kappa shape index (κ1) is 18.8. The van der Waals surface area contributed by atoms with Crippen molar-refractivity contribution in [2.75, 3.05) is 7.11 Å². The molecule has 4 nitrogen and oxygen atoms in total. The van der Waals surface area contributed by atoms with Gasteiger partial charge in [-0.25, -0.2) is 0 Å². The van der Waals surface area contributed by atoms with Gasteiger partial charge in [0.25, 0.3) is 5.91 Å². The Kier molecular flexibility index (Phi) is 6.87. The lowest BCUT2D eigenvalue weighted by Gasteiger charge is -2.23. The van der Waals surface area contributed by atoms with Crippen LogP contribution in [0.1, 0.15) is 43.9 Å². The number of carbonyl (C=O) groups excluding carboxylic acids is 1. The van der Waals surface area contributed by atoms with E-state index in [1.54, 1.807) is 7.11 Å². The number of aryl methyl sites for hydroxylation is 1. The minimum atomic E-state index is -0.559. The van der Waals surface area contributed by atoms with Crippen LogP contribution in [0.25, 0.3) is 0 Å². The molecule has 0 fully saturated rings. The Morgan fingerprint density at radius 2 is 1.64 bits per heavy atom. The van der Waals surface area contributed by atoms with Gasteiger partial charge in [0.2, 0.25) is 0 Å². The number of para-hydroxylation sites is 2. The van der Waals surface area contributed by atoms with E-state index in [4.69, 9.17) is 9.47 Å². The van der Waals surface area contributed by atoms with Crippen molar-refractivity contribution < 1.29 is 14.3 Å². The van der Waals surface area contributed by atoms with E-state index in [2.05, 4.69) is 43.4 Å². The highest BCUT2D eigenvalue weighted by atomic mass is 16.5. The second-order valence-electron chi connectivity index (χ2n) is 6.05. The van der Waals surface area contributed by atoms with Gasteiger partial charge in [0, 0.05) is 0 Å². The molecule has 2 aromatic carbocycles. The summed E-state index contributed by atoms with van der Waals surface area (Å²) in [7, 11) is 1.59. The van der Waals surface area contributed by atoms with Crippen molar-refractivity contribution in [3.05, 3.63) is 59.7 Å². The van der Waals surface area contributed by atoms with Crippen molar-refractivity contribution >= 4 is 5.91 Å². The molecule has 0 unspecified atom stereocenters. The highest BCUT2D eigenvalue weighted by Gasteiger charge is 2.23. The van der Waals surface area contributed by atoms with Gasteiger partial charge < -0.3 is 14.8 Å². The smallest absolute Gasteiger partial charge is 0.261 e. The van der Waals surface area contributed by atoms with Crippen LogP contribution in [0.5, 0.6) is 11.5 Å². The molecule has 2 rings (SSSR count). The summed E-state index contributed by atoms with van der Waals surface area (Å²) in [6.07, 6.45) is 0.837. The molecule has 1 amide bonds. The van der Waals surface area contributed by atoms with Gasteiger partial charge in [0.05, 0.1) is 13.2 Å². The Hall–Kier alpha value is -2.49. The van der Waals surface area contributed by atoms with E-state index in [1.165, 1.54) is 5.56 Å². The Morgan fingerprint density at radius 3 is 2.20 bits per heavy atom. The maximum atomic E-state index is 12.7. The molecule has 1 N–H and O–H groups in total. The van der Waals surface area contributed by atoms with Gasteiger partial charge in [-0.05, 0) is 37.5 Å². The van der Waals surface area contributed by atoms with Crippen LogP contribution < -0.4 is 14.8 Å². The van der Waals surface area contributed by atoms with Crippen molar-refractivity contribution in [2.45, 2.75) is 45.8 Å². The molecule has 25 heavy (non-hydrogen) atoms. The van der Waals surface area contributed by atoms with Crippen molar-refractivity contribution in [3.63, 3.8) is 0 Å². The second-order valence-corrected chi connectivity index (χ2v) is 6.05. The zero-order valence-electron chi connectivity index (χ0n) is 15.4. The quantitative estimate of drug-likeness (QED) is 0.773. The van der Waals surface area contributed by atoms with E-state index >= 15 is 0 Å². The fourth-order valence-corrected chi connectivity index (χ4v) is 2.68. The molecule has 0 saturated heterocycles. The molecule has 0 spiro atoms. The maximum absolute atomic E-state index is 12.7. The average molecular weight is 341 g/mol. The number of hydrogen-bond donors (Lipinski definition) is 1. The molecule has 0 heterocycles. The average Bonchev–Trinajstić information content (AvgIpc) is 2.65. The topological polar surface area (TPSA) is 47.6 Å². The minimum Gasteiger partial charge on any atom is -0.493 e. The van der Waals surface area contributed by atoms with Crippen LogP contribution >= 0.6 is 0 Å². The third-order valence-corrected chi connectivity index (χ3v) is 4.21. The fraction of sp³-hybridized carbons (Fsp3) is 0.381. The van der Waals surface area contributed by atoms with E-state index in [-0.39, 0.29) is 11.9 Å². The molecule has 0 radical (unpaired) electrons. The predicted octanol–water partition coefficient (Wildman–Crippen LogP) is 4.43. The number of methoxy groups -OCH3 is 1. The lowest BCUT2D eigenvalue weighted by molar-refractivity contribution is -0.129. The first-order valence-electron chi connectivity index (χ1n) is 8.75. The number of carbonyl (C=O) groups is 1. The van der Waals surface area contributed by atoms with Crippen LogP contribution in [0.3, 0.4) is 0 Å². The fourth-order valence-electron chi connectivity index (χ4n) is 2.68. The SMILES string of the molecule is CC[C@H](Oc1ccccc1OC)C(=O)N[C@@H](CC)c1ccc(C)cc1. The van der Waals surface area contributed by atoms with E-state index in [0.717, 1.165) is 12.0 Å². The van der Waals surface area contributed by atoms with Crippen LogP contribution in [0, 0.1) is 6.92 Å². The largest absolute Gasteiger partial charge is 0.493 e.